The van der Waals surface area contributed by atoms with E-state index >= 15 is 0 Å². The molecule has 0 saturated carbocycles. The lowest BCUT2D eigenvalue weighted by molar-refractivity contribution is -0.135. The minimum atomic E-state index is -4.14. The van der Waals surface area contributed by atoms with Crippen molar-refractivity contribution in [2.45, 2.75) is 44.9 Å². The molecule has 1 rings (SSSR count). The Morgan fingerprint density at radius 2 is 1.89 bits per heavy atom. The fourth-order valence-electron chi connectivity index (χ4n) is 1.67. The van der Waals surface area contributed by atoms with E-state index in [-0.39, 0.29) is 24.6 Å². The first-order chi connectivity index (χ1) is 8.78. The topological polar surface area (TPSA) is 12.0 Å². The summed E-state index contributed by atoms with van der Waals surface area (Å²) in [5.41, 5.74) is 0.169. The van der Waals surface area contributed by atoms with E-state index < -0.39 is 24.2 Å². The maximum atomic E-state index is 13.3. The van der Waals surface area contributed by atoms with Crippen molar-refractivity contribution >= 4 is 0 Å². The van der Waals surface area contributed by atoms with Crippen LogP contribution in [-0.4, -0.2) is 12.2 Å². The molecule has 0 aliphatic rings. The summed E-state index contributed by atoms with van der Waals surface area (Å²) in [6.07, 6.45) is -4.62. The Balaban J connectivity index is 2.34. The van der Waals surface area contributed by atoms with Crippen LogP contribution in [0.1, 0.15) is 31.7 Å². The number of rotatable bonds is 6. The van der Waals surface area contributed by atoms with Crippen LogP contribution >= 0.6 is 0 Å². The van der Waals surface area contributed by atoms with E-state index in [9.17, 15) is 22.0 Å². The van der Waals surface area contributed by atoms with Gasteiger partial charge in [-0.15, -0.1) is 0 Å². The van der Waals surface area contributed by atoms with Crippen LogP contribution in [0.4, 0.5) is 22.0 Å². The van der Waals surface area contributed by atoms with E-state index in [0.29, 0.717) is 6.42 Å². The molecule has 1 atom stereocenters. The molecular formula is C13H16F5N. The zero-order valence-corrected chi connectivity index (χ0v) is 10.5. The van der Waals surface area contributed by atoms with Gasteiger partial charge in [0.2, 0.25) is 0 Å². The third-order valence-corrected chi connectivity index (χ3v) is 2.75. The number of benzene rings is 1. The van der Waals surface area contributed by atoms with Gasteiger partial charge >= 0.3 is 6.18 Å². The van der Waals surface area contributed by atoms with Crippen molar-refractivity contribution in [2.75, 3.05) is 0 Å². The van der Waals surface area contributed by atoms with Crippen LogP contribution in [-0.2, 0) is 6.54 Å². The summed E-state index contributed by atoms with van der Waals surface area (Å²) in [6, 6.07) is 2.93. The summed E-state index contributed by atoms with van der Waals surface area (Å²) >= 11 is 0. The highest BCUT2D eigenvalue weighted by atomic mass is 19.4. The lowest BCUT2D eigenvalue weighted by Crippen LogP contribution is -2.26. The maximum Gasteiger partial charge on any atom is 0.389 e. The van der Waals surface area contributed by atoms with Gasteiger partial charge in [0.05, 0.1) is 0 Å². The first kappa shape index (κ1) is 15.9. The van der Waals surface area contributed by atoms with Crippen molar-refractivity contribution in [3.8, 4) is 0 Å². The number of alkyl halides is 3. The minimum Gasteiger partial charge on any atom is -0.310 e. The van der Waals surface area contributed by atoms with Crippen LogP contribution in [0.3, 0.4) is 0 Å². The molecule has 1 unspecified atom stereocenters. The molecule has 0 bridgehead atoms. The molecule has 1 aromatic rings. The average molecular weight is 281 g/mol. The fourth-order valence-corrected chi connectivity index (χ4v) is 1.67. The average Bonchev–Trinajstić information content (AvgIpc) is 2.28. The highest BCUT2D eigenvalue weighted by Gasteiger charge is 2.26. The van der Waals surface area contributed by atoms with Crippen molar-refractivity contribution in [3.63, 3.8) is 0 Å². The first-order valence-corrected chi connectivity index (χ1v) is 6.02. The van der Waals surface area contributed by atoms with Crippen LogP contribution in [0.25, 0.3) is 0 Å². The molecule has 1 nitrogen and oxygen atoms in total. The predicted molar refractivity (Wildman–Crippen MR) is 62.6 cm³/mol. The molecule has 1 N–H and O–H groups in total. The lowest BCUT2D eigenvalue weighted by Gasteiger charge is -2.14. The third kappa shape index (κ3) is 6.52. The standard InChI is InChI=1S/C13H16F5N/c1-9(3-2-6-13(16,17)18)19-8-10-7-11(14)4-5-12(10)15/h4-5,7,9,19H,2-3,6,8H2,1H3. The third-order valence-electron chi connectivity index (χ3n) is 2.75. The largest absolute Gasteiger partial charge is 0.389 e. The number of halogens is 5. The molecule has 0 aliphatic heterocycles. The van der Waals surface area contributed by atoms with Gasteiger partial charge in [0, 0.05) is 24.6 Å². The highest BCUT2D eigenvalue weighted by Crippen LogP contribution is 2.22. The highest BCUT2D eigenvalue weighted by molar-refractivity contribution is 5.18. The molecule has 0 radical (unpaired) electrons. The van der Waals surface area contributed by atoms with Crippen molar-refractivity contribution in [3.05, 3.63) is 35.4 Å². The Morgan fingerprint density at radius 3 is 2.53 bits per heavy atom. The molecule has 0 spiro atoms. The van der Waals surface area contributed by atoms with Gasteiger partial charge in [-0.25, -0.2) is 8.78 Å². The zero-order chi connectivity index (χ0) is 14.5. The van der Waals surface area contributed by atoms with Crippen molar-refractivity contribution in [1.29, 1.82) is 0 Å². The Hall–Kier alpha value is -1.17. The van der Waals surface area contributed by atoms with E-state index in [0.717, 1.165) is 18.2 Å². The van der Waals surface area contributed by atoms with Gasteiger partial charge in [0.15, 0.2) is 0 Å². The maximum absolute atomic E-state index is 13.3. The van der Waals surface area contributed by atoms with E-state index in [2.05, 4.69) is 5.32 Å². The normalized spacial score (nSPS) is 13.6. The number of hydrogen-bond donors (Lipinski definition) is 1. The lowest BCUT2D eigenvalue weighted by atomic mass is 10.1. The van der Waals surface area contributed by atoms with Gasteiger partial charge in [0.25, 0.3) is 0 Å². The molecule has 0 saturated heterocycles. The van der Waals surface area contributed by atoms with E-state index in [4.69, 9.17) is 0 Å². The van der Waals surface area contributed by atoms with Gasteiger partial charge in [-0.05, 0) is 38.0 Å². The molecule has 0 aromatic heterocycles. The second-order valence-corrected chi connectivity index (χ2v) is 4.53. The fraction of sp³-hybridized carbons (Fsp3) is 0.538. The molecular weight excluding hydrogens is 265 g/mol. The van der Waals surface area contributed by atoms with E-state index in [1.165, 1.54) is 0 Å². The summed E-state index contributed by atoms with van der Waals surface area (Å²) in [6.45, 7) is 1.81. The Labute approximate surface area is 108 Å². The molecule has 108 valence electrons. The molecule has 19 heavy (non-hydrogen) atoms. The Morgan fingerprint density at radius 1 is 1.21 bits per heavy atom. The quantitative estimate of drug-likeness (QED) is 0.771. The summed E-state index contributed by atoms with van der Waals surface area (Å²) in [7, 11) is 0. The minimum absolute atomic E-state index is 0.0172. The molecule has 0 fully saturated rings. The molecule has 1 aromatic carbocycles. The Bertz CT molecular complexity index is 403. The van der Waals surface area contributed by atoms with Crippen LogP contribution in [0, 0.1) is 11.6 Å². The second-order valence-electron chi connectivity index (χ2n) is 4.53. The first-order valence-electron chi connectivity index (χ1n) is 6.02. The van der Waals surface area contributed by atoms with Crippen LogP contribution < -0.4 is 5.32 Å². The SMILES string of the molecule is CC(CCCC(F)(F)F)NCc1cc(F)ccc1F. The molecule has 0 aliphatic carbocycles. The smallest absolute Gasteiger partial charge is 0.310 e. The second kappa shape index (κ2) is 6.84. The van der Waals surface area contributed by atoms with Gasteiger partial charge in [0.1, 0.15) is 11.6 Å². The van der Waals surface area contributed by atoms with E-state index in [1.54, 1.807) is 6.92 Å². The summed E-state index contributed by atoms with van der Waals surface area (Å²) < 4.78 is 62.0. The molecule has 0 amide bonds. The number of nitrogens with one attached hydrogen (secondary N) is 1. The van der Waals surface area contributed by atoms with Crippen molar-refractivity contribution in [1.82, 2.24) is 5.32 Å². The van der Waals surface area contributed by atoms with Gasteiger partial charge in [-0.1, -0.05) is 0 Å². The molecule has 6 heteroatoms. The summed E-state index contributed by atoms with van der Waals surface area (Å²) in [4.78, 5) is 0. The van der Waals surface area contributed by atoms with Gasteiger partial charge in [-0.2, -0.15) is 13.2 Å². The summed E-state index contributed by atoms with van der Waals surface area (Å²) in [5.74, 6) is -1.07. The zero-order valence-electron chi connectivity index (χ0n) is 10.5. The Kier molecular flexibility index (Phi) is 5.72. The van der Waals surface area contributed by atoms with Crippen molar-refractivity contribution < 1.29 is 22.0 Å². The monoisotopic (exact) mass is 281 g/mol. The van der Waals surface area contributed by atoms with Crippen LogP contribution in [0.5, 0.6) is 0 Å². The molecule has 0 heterocycles. The summed E-state index contributed by atoms with van der Waals surface area (Å²) in [5, 5.41) is 2.88. The van der Waals surface area contributed by atoms with Crippen LogP contribution in [0.2, 0.25) is 0 Å². The van der Waals surface area contributed by atoms with Crippen molar-refractivity contribution in [2.24, 2.45) is 0 Å². The predicted octanol–water partition coefficient (Wildman–Crippen LogP) is 4.18. The van der Waals surface area contributed by atoms with Gasteiger partial charge in [-0.3, -0.25) is 0 Å². The van der Waals surface area contributed by atoms with Gasteiger partial charge < -0.3 is 5.32 Å². The van der Waals surface area contributed by atoms with Crippen LogP contribution in [0.15, 0.2) is 18.2 Å². The van der Waals surface area contributed by atoms with E-state index in [1.807, 2.05) is 0 Å². The number of hydrogen-bond acceptors (Lipinski definition) is 1.